The minimum absolute atomic E-state index is 0.162. The van der Waals surface area contributed by atoms with Gasteiger partial charge in [-0.05, 0) is 50.3 Å². The Morgan fingerprint density at radius 3 is 2.64 bits per heavy atom. The fourth-order valence-corrected chi connectivity index (χ4v) is 5.50. The van der Waals surface area contributed by atoms with Crippen molar-refractivity contribution in [3.8, 4) is 0 Å². The van der Waals surface area contributed by atoms with Gasteiger partial charge in [0.15, 0.2) is 0 Å². The first-order valence-electron chi connectivity index (χ1n) is 8.99. The lowest BCUT2D eigenvalue weighted by Gasteiger charge is -2.28. The predicted octanol–water partition coefficient (Wildman–Crippen LogP) is 1.79. The lowest BCUT2D eigenvalue weighted by atomic mass is 10.1. The number of nitrogens with zero attached hydrogens (tertiary/aromatic N) is 1. The molecule has 0 radical (unpaired) electrons. The van der Waals surface area contributed by atoms with Crippen LogP contribution >= 0.6 is 0 Å². The maximum absolute atomic E-state index is 12.8. The van der Waals surface area contributed by atoms with Crippen molar-refractivity contribution in [1.82, 2.24) is 9.62 Å². The highest BCUT2D eigenvalue weighted by molar-refractivity contribution is 7.89. The summed E-state index contributed by atoms with van der Waals surface area (Å²) in [6.45, 7) is 5.52. The topological polar surface area (TPSA) is 78.5 Å². The Kier molecular flexibility index (Phi) is 5.46. The van der Waals surface area contributed by atoms with Crippen LogP contribution in [-0.2, 0) is 14.8 Å². The van der Waals surface area contributed by atoms with Gasteiger partial charge < -0.3 is 10.6 Å². The molecule has 2 heterocycles. The zero-order valence-corrected chi connectivity index (χ0v) is 15.7. The predicted molar refractivity (Wildman–Crippen MR) is 99.1 cm³/mol. The molecule has 2 fully saturated rings. The number of piperidine rings is 1. The summed E-state index contributed by atoms with van der Waals surface area (Å²) in [7, 11) is -3.33. The van der Waals surface area contributed by atoms with Crippen LogP contribution in [0.15, 0.2) is 18.2 Å². The van der Waals surface area contributed by atoms with Gasteiger partial charge in [-0.15, -0.1) is 0 Å². The van der Waals surface area contributed by atoms with Crippen molar-refractivity contribution in [3.63, 3.8) is 0 Å². The fourth-order valence-electron chi connectivity index (χ4n) is 3.57. The number of hydrogen-bond acceptors (Lipinski definition) is 4. The van der Waals surface area contributed by atoms with E-state index in [4.69, 9.17) is 0 Å². The van der Waals surface area contributed by atoms with Crippen LogP contribution < -0.4 is 10.6 Å². The van der Waals surface area contributed by atoms with Gasteiger partial charge in [0.2, 0.25) is 15.9 Å². The van der Waals surface area contributed by atoms with Crippen molar-refractivity contribution in [2.24, 2.45) is 0 Å². The molecule has 0 saturated carbocycles. The number of carbonyl (C=O) groups excluding carboxylic acids is 1. The molecule has 25 heavy (non-hydrogen) atoms. The molecule has 7 heteroatoms. The number of aryl methyl sites for hydroxylation is 1. The first-order valence-corrected chi connectivity index (χ1v) is 10.5. The molecule has 0 aromatic heterocycles. The summed E-state index contributed by atoms with van der Waals surface area (Å²) in [6.07, 6.45) is 3.27. The van der Waals surface area contributed by atoms with Crippen LogP contribution in [0.4, 0.5) is 5.69 Å². The lowest BCUT2D eigenvalue weighted by molar-refractivity contribution is -0.117. The van der Waals surface area contributed by atoms with Crippen molar-refractivity contribution in [3.05, 3.63) is 29.3 Å². The molecular weight excluding hydrogens is 338 g/mol. The van der Waals surface area contributed by atoms with Gasteiger partial charge in [-0.25, -0.2) is 12.7 Å². The number of anilines is 1. The van der Waals surface area contributed by atoms with Crippen molar-refractivity contribution in [1.29, 1.82) is 0 Å². The van der Waals surface area contributed by atoms with E-state index in [9.17, 15) is 13.2 Å². The van der Waals surface area contributed by atoms with Gasteiger partial charge in [0.25, 0.3) is 0 Å². The zero-order chi connectivity index (χ0) is 18.0. The third-order valence-corrected chi connectivity index (χ3v) is 7.65. The van der Waals surface area contributed by atoms with Gasteiger partial charge in [0.1, 0.15) is 0 Å². The summed E-state index contributed by atoms with van der Waals surface area (Å²) in [5.74, 6) is -0.162. The summed E-state index contributed by atoms with van der Waals surface area (Å²) in [5, 5.41) is 5.51. The van der Waals surface area contributed by atoms with Gasteiger partial charge in [-0.3, -0.25) is 4.79 Å². The molecule has 0 spiro atoms. The molecule has 2 N–H and O–H groups in total. The van der Waals surface area contributed by atoms with Crippen molar-refractivity contribution < 1.29 is 13.2 Å². The van der Waals surface area contributed by atoms with Crippen molar-refractivity contribution in [2.75, 3.05) is 25.0 Å². The summed E-state index contributed by atoms with van der Waals surface area (Å²) < 4.78 is 27.1. The molecule has 6 nitrogen and oxygen atoms in total. The molecule has 1 amide bonds. The van der Waals surface area contributed by atoms with E-state index in [1.165, 1.54) is 0 Å². The Hall–Kier alpha value is -1.44. The molecule has 0 aliphatic carbocycles. The van der Waals surface area contributed by atoms with Crippen LogP contribution in [0.1, 0.15) is 36.8 Å². The number of hydrogen-bond donors (Lipinski definition) is 2. The van der Waals surface area contributed by atoms with Gasteiger partial charge in [0.05, 0.1) is 11.3 Å². The van der Waals surface area contributed by atoms with E-state index in [1.54, 1.807) is 4.31 Å². The van der Waals surface area contributed by atoms with Crippen LogP contribution in [0.3, 0.4) is 0 Å². The quantitative estimate of drug-likeness (QED) is 0.853. The number of nitrogens with one attached hydrogen (secondary N) is 2. The molecule has 2 unspecified atom stereocenters. The van der Waals surface area contributed by atoms with Crippen LogP contribution in [-0.4, -0.2) is 49.6 Å². The summed E-state index contributed by atoms with van der Waals surface area (Å²) >= 11 is 0. The van der Waals surface area contributed by atoms with Gasteiger partial charge in [0, 0.05) is 25.3 Å². The van der Waals surface area contributed by atoms with Crippen LogP contribution in [0.25, 0.3) is 0 Å². The molecule has 2 atom stereocenters. The molecular formula is C18H27N3O3S. The molecule has 2 aliphatic heterocycles. The monoisotopic (exact) mass is 365 g/mol. The van der Waals surface area contributed by atoms with Crippen LogP contribution in [0, 0.1) is 13.8 Å². The standard InChI is InChI=1S/C18H27N3O3S/c1-13-7-6-8-16(14(13)2)20-18(22)17-11-15(12-19-17)25(23,24)21-9-4-3-5-10-21/h6-8,15,17,19H,3-5,9-12H2,1-2H3,(H,20,22). The SMILES string of the molecule is Cc1cccc(NC(=O)C2CC(S(=O)(=O)N3CCCCC3)CN2)c1C. The largest absolute Gasteiger partial charge is 0.324 e. The summed E-state index contributed by atoms with van der Waals surface area (Å²) in [4.78, 5) is 12.5. The maximum Gasteiger partial charge on any atom is 0.241 e. The second kappa shape index (κ2) is 7.43. The second-order valence-corrected chi connectivity index (χ2v) is 9.27. The normalized spacial score (nSPS) is 25.0. The first-order chi connectivity index (χ1) is 11.9. The Morgan fingerprint density at radius 1 is 1.20 bits per heavy atom. The van der Waals surface area contributed by atoms with Crippen LogP contribution in [0.5, 0.6) is 0 Å². The smallest absolute Gasteiger partial charge is 0.241 e. The van der Waals surface area contributed by atoms with E-state index in [2.05, 4.69) is 10.6 Å². The molecule has 138 valence electrons. The Labute approximate surface area is 150 Å². The van der Waals surface area contributed by atoms with E-state index in [-0.39, 0.29) is 5.91 Å². The fraction of sp³-hybridized carbons (Fsp3) is 0.611. The van der Waals surface area contributed by atoms with E-state index < -0.39 is 21.3 Å². The van der Waals surface area contributed by atoms with Crippen molar-refractivity contribution >= 4 is 21.6 Å². The van der Waals surface area contributed by atoms with Gasteiger partial charge in [-0.2, -0.15) is 0 Å². The summed E-state index contributed by atoms with van der Waals surface area (Å²) in [6, 6.07) is 5.31. The summed E-state index contributed by atoms with van der Waals surface area (Å²) in [5.41, 5.74) is 2.93. The van der Waals surface area contributed by atoms with Crippen LogP contribution in [0.2, 0.25) is 0 Å². The average molecular weight is 365 g/mol. The van der Waals surface area contributed by atoms with Gasteiger partial charge in [-0.1, -0.05) is 18.6 Å². The molecule has 0 bridgehead atoms. The zero-order valence-electron chi connectivity index (χ0n) is 14.9. The number of carbonyl (C=O) groups is 1. The minimum atomic E-state index is -3.33. The Balaban J connectivity index is 1.64. The highest BCUT2D eigenvalue weighted by atomic mass is 32.2. The molecule has 1 aromatic rings. The third kappa shape index (κ3) is 3.88. The average Bonchev–Trinajstić information content (AvgIpc) is 3.11. The van der Waals surface area contributed by atoms with E-state index in [0.29, 0.717) is 26.1 Å². The molecule has 2 saturated heterocycles. The highest BCUT2D eigenvalue weighted by Crippen LogP contribution is 2.24. The number of benzene rings is 1. The van der Waals surface area contributed by atoms with E-state index >= 15 is 0 Å². The Bertz CT molecular complexity index is 742. The minimum Gasteiger partial charge on any atom is -0.324 e. The Morgan fingerprint density at radius 2 is 1.92 bits per heavy atom. The van der Waals surface area contributed by atoms with E-state index in [1.807, 2.05) is 32.0 Å². The molecule has 2 aliphatic rings. The van der Waals surface area contributed by atoms with E-state index in [0.717, 1.165) is 36.1 Å². The highest BCUT2D eigenvalue weighted by Gasteiger charge is 2.40. The van der Waals surface area contributed by atoms with Crippen molar-refractivity contribution in [2.45, 2.75) is 50.8 Å². The molecule has 1 aromatic carbocycles. The second-order valence-electron chi connectivity index (χ2n) is 7.06. The number of rotatable bonds is 4. The maximum atomic E-state index is 12.8. The number of amides is 1. The van der Waals surface area contributed by atoms with Gasteiger partial charge >= 0.3 is 0 Å². The number of sulfonamides is 1. The first kappa shape index (κ1) is 18.4. The lowest BCUT2D eigenvalue weighted by Crippen LogP contribution is -2.42. The molecule has 3 rings (SSSR count). The third-order valence-electron chi connectivity index (χ3n) is 5.37.